The van der Waals surface area contributed by atoms with Gasteiger partial charge in [0.25, 0.3) is 0 Å². The van der Waals surface area contributed by atoms with Gasteiger partial charge in [-0.15, -0.1) is 0 Å². The Morgan fingerprint density at radius 3 is 2.37 bits per heavy atom. The van der Waals surface area contributed by atoms with Crippen LogP contribution in [0.5, 0.6) is 5.75 Å². The minimum atomic E-state index is -0.317. The van der Waals surface area contributed by atoms with Gasteiger partial charge in [0.15, 0.2) is 0 Å². The van der Waals surface area contributed by atoms with E-state index in [9.17, 15) is 10.2 Å². The Balaban J connectivity index is 1.44. The van der Waals surface area contributed by atoms with Gasteiger partial charge < -0.3 is 19.8 Å². The molecule has 0 aromatic heterocycles. The van der Waals surface area contributed by atoms with Gasteiger partial charge >= 0.3 is 0 Å². The number of hydrogen-bond donors (Lipinski definition) is 2. The van der Waals surface area contributed by atoms with Crippen molar-refractivity contribution in [3.63, 3.8) is 0 Å². The van der Waals surface area contributed by atoms with Gasteiger partial charge in [0.2, 0.25) is 0 Å². The van der Waals surface area contributed by atoms with Crippen LogP contribution in [-0.2, 0) is 6.54 Å². The summed E-state index contributed by atoms with van der Waals surface area (Å²) >= 11 is 0. The Kier molecular flexibility index (Phi) is 7.49. The maximum absolute atomic E-state index is 10.7. The van der Waals surface area contributed by atoms with E-state index in [2.05, 4.69) is 26.8 Å². The number of β-amino-alcohol motifs (C(OH)–C–C–N with tert-alkyl or cyclic N) is 1. The lowest BCUT2D eigenvalue weighted by Gasteiger charge is -2.43. The first kappa shape index (κ1) is 20.6. The van der Waals surface area contributed by atoms with Gasteiger partial charge in [-0.3, -0.25) is 9.80 Å². The fraction of sp³-hybridized carbons (Fsp3) is 0.714. The van der Waals surface area contributed by atoms with Crippen molar-refractivity contribution in [2.75, 3.05) is 53.4 Å². The molecule has 0 bridgehead atoms. The normalized spacial score (nSPS) is 25.8. The molecule has 2 saturated heterocycles. The van der Waals surface area contributed by atoms with Crippen LogP contribution in [-0.4, -0.2) is 96.6 Å². The molecule has 0 amide bonds. The maximum Gasteiger partial charge on any atom is 0.119 e. The second-order valence-electron chi connectivity index (χ2n) is 8.22. The smallest absolute Gasteiger partial charge is 0.119 e. The molecule has 6 nitrogen and oxygen atoms in total. The molecule has 2 atom stereocenters. The predicted octanol–water partition coefficient (Wildman–Crippen LogP) is 1.02. The minimum absolute atomic E-state index is 0.159. The van der Waals surface area contributed by atoms with Crippen molar-refractivity contribution in [3.05, 3.63) is 29.8 Å². The third-order valence-electron chi connectivity index (χ3n) is 5.74. The van der Waals surface area contributed by atoms with E-state index in [1.54, 1.807) is 0 Å². The number of aliphatic hydroxyl groups is 2. The van der Waals surface area contributed by atoms with E-state index in [-0.39, 0.29) is 18.2 Å². The average Bonchev–Trinajstić information content (AvgIpc) is 2.64. The van der Waals surface area contributed by atoms with Crippen LogP contribution in [0.4, 0.5) is 0 Å². The second kappa shape index (κ2) is 9.85. The topological polar surface area (TPSA) is 59.4 Å². The molecule has 1 aromatic carbocycles. The fourth-order valence-electron chi connectivity index (χ4n) is 4.07. The third-order valence-corrected chi connectivity index (χ3v) is 5.74. The quantitative estimate of drug-likeness (QED) is 0.740. The largest absolute Gasteiger partial charge is 0.492 e. The number of nitrogens with zero attached hydrogens (tertiary/aromatic N) is 3. The van der Waals surface area contributed by atoms with E-state index in [4.69, 9.17) is 4.74 Å². The van der Waals surface area contributed by atoms with Crippen LogP contribution < -0.4 is 4.74 Å². The molecule has 6 heteroatoms. The molecule has 0 radical (unpaired) electrons. The summed E-state index contributed by atoms with van der Waals surface area (Å²) in [5.74, 6) is 0.909. The monoisotopic (exact) mass is 377 g/mol. The Morgan fingerprint density at radius 2 is 1.74 bits per heavy atom. The van der Waals surface area contributed by atoms with Crippen molar-refractivity contribution in [1.82, 2.24) is 14.7 Å². The van der Waals surface area contributed by atoms with Crippen LogP contribution in [0, 0.1) is 0 Å². The number of rotatable bonds is 7. The van der Waals surface area contributed by atoms with E-state index >= 15 is 0 Å². The van der Waals surface area contributed by atoms with Crippen LogP contribution in [0.15, 0.2) is 24.3 Å². The molecular formula is C21H35N3O3. The summed E-state index contributed by atoms with van der Waals surface area (Å²) in [7, 11) is 4.08. The van der Waals surface area contributed by atoms with Gasteiger partial charge in [-0.1, -0.05) is 12.1 Å². The zero-order valence-corrected chi connectivity index (χ0v) is 16.8. The maximum atomic E-state index is 10.7. The van der Waals surface area contributed by atoms with E-state index in [1.165, 1.54) is 5.56 Å². The molecule has 2 fully saturated rings. The Labute approximate surface area is 163 Å². The number of piperidine rings is 2. The summed E-state index contributed by atoms with van der Waals surface area (Å²) in [5, 5.41) is 20.3. The molecule has 2 aliphatic rings. The number of hydrogen-bond acceptors (Lipinski definition) is 6. The van der Waals surface area contributed by atoms with Gasteiger partial charge in [0, 0.05) is 45.3 Å². The molecule has 0 aliphatic carbocycles. The van der Waals surface area contributed by atoms with Crippen molar-refractivity contribution in [3.8, 4) is 5.75 Å². The van der Waals surface area contributed by atoms with E-state index in [0.717, 1.165) is 57.7 Å². The zero-order valence-electron chi connectivity index (χ0n) is 16.8. The molecular weight excluding hydrogens is 342 g/mol. The summed E-state index contributed by atoms with van der Waals surface area (Å²) in [6, 6.07) is 8.55. The lowest BCUT2D eigenvalue weighted by Crippen LogP contribution is -2.55. The first-order valence-electron chi connectivity index (χ1n) is 10.2. The molecule has 0 unspecified atom stereocenters. The molecule has 0 saturated carbocycles. The molecule has 2 heterocycles. The second-order valence-corrected chi connectivity index (χ2v) is 8.22. The molecule has 1 aromatic rings. The Bertz CT molecular complexity index is 558. The fourth-order valence-corrected chi connectivity index (χ4v) is 4.07. The molecule has 27 heavy (non-hydrogen) atoms. The molecule has 152 valence electrons. The summed E-state index contributed by atoms with van der Waals surface area (Å²) in [6.45, 7) is 5.98. The van der Waals surface area contributed by atoms with Crippen LogP contribution in [0.3, 0.4) is 0 Å². The van der Waals surface area contributed by atoms with Crippen LogP contribution in [0.1, 0.15) is 24.8 Å². The lowest BCUT2D eigenvalue weighted by atomic mass is 9.96. The average molecular weight is 378 g/mol. The van der Waals surface area contributed by atoms with E-state index in [1.807, 2.05) is 26.2 Å². The number of aliphatic hydroxyl groups excluding tert-OH is 2. The SMILES string of the molecule is CN(C)CCOc1ccc(CN2CC[C@@H](N3CCC(O)CC3)[C@H](O)C2)cc1. The number of likely N-dealkylation sites (tertiary alicyclic amines) is 2. The van der Waals surface area contributed by atoms with Crippen molar-refractivity contribution in [2.45, 2.75) is 44.1 Å². The van der Waals surface area contributed by atoms with Crippen molar-refractivity contribution in [2.24, 2.45) is 0 Å². The van der Waals surface area contributed by atoms with Crippen LogP contribution >= 0.6 is 0 Å². The first-order valence-corrected chi connectivity index (χ1v) is 10.2. The van der Waals surface area contributed by atoms with Crippen LogP contribution in [0.2, 0.25) is 0 Å². The first-order chi connectivity index (χ1) is 13.0. The molecule has 2 N–H and O–H groups in total. The van der Waals surface area contributed by atoms with Crippen molar-refractivity contribution < 1.29 is 14.9 Å². The van der Waals surface area contributed by atoms with Gasteiger partial charge in [-0.05, 0) is 51.1 Å². The van der Waals surface area contributed by atoms with Gasteiger partial charge in [0.1, 0.15) is 12.4 Å². The van der Waals surface area contributed by atoms with Gasteiger partial charge in [-0.25, -0.2) is 0 Å². The highest BCUT2D eigenvalue weighted by Crippen LogP contribution is 2.23. The summed E-state index contributed by atoms with van der Waals surface area (Å²) < 4.78 is 5.75. The summed E-state index contributed by atoms with van der Waals surface area (Å²) in [6.07, 6.45) is 2.17. The zero-order chi connectivity index (χ0) is 19.2. The highest BCUT2D eigenvalue weighted by molar-refractivity contribution is 5.27. The minimum Gasteiger partial charge on any atom is -0.492 e. The Hall–Kier alpha value is -1.18. The Morgan fingerprint density at radius 1 is 1.04 bits per heavy atom. The number of likely N-dealkylation sites (N-methyl/N-ethyl adjacent to an activating group) is 1. The van der Waals surface area contributed by atoms with E-state index < -0.39 is 0 Å². The highest BCUT2D eigenvalue weighted by Gasteiger charge is 2.33. The van der Waals surface area contributed by atoms with Gasteiger partial charge in [-0.2, -0.15) is 0 Å². The van der Waals surface area contributed by atoms with Gasteiger partial charge in [0.05, 0.1) is 12.2 Å². The highest BCUT2D eigenvalue weighted by atomic mass is 16.5. The third kappa shape index (κ3) is 6.16. The summed E-state index contributed by atoms with van der Waals surface area (Å²) in [4.78, 5) is 6.81. The molecule has 2 aliphatic heterocycles. The van der Waals surface area contributed by atoms with Crippen molar-refractivity contribution >= 4 is 0 Å². The van der Waals surface area contributed by atoms with E-state index in [0.29, 0.717) is 13.2 Å². The van der Waals surface area contributed by atoms with Crippen LogP contribution in [0.25, 0.3) is 0 Å². The number of benzene rings is 1. The summed E-state index contributed by atoms with van der Waals surface area (Å²) in [5.41, 5.74) is 1.25. The molecule has 0 spiro atoms. The lowest BCUT2D eigenvalue weighted by molar-refractivity contribution is -0.0355. The van der Waals surface area contributed by atoms with Crippen molar-refractivity contribution in [1.29, 1.82) is 0 Å². The standard InChI is InChI=1S/C21H35N3O3/c1-22(2)13-14-27-19-5-3-17(4-6-19)15-23-10-9-20(21(26)16-23)24-11-7-18(25)8-12-24/h3-6,18,20-21,25-26H,7-16H2,1-2H3/t20-,21-/m1/s1. The number of ether oxygens (including phenoxy) is 1. The predicted molar refractivity (Wildman–Crippen MR) is 107 cm³/mol. The molecule has 3 rings (SSSR count).